The molecule has 3 aromatic rings. The van der Waals surface area contributed by atoms with Gasteiger partial charge in [0, 0.05) is 68.3 Å². The Bertz CT molecular complexity index is 1350. The summed E-state index contributed by atoms with van der Waals surface area (Å²) in [5.41, 5.74) is 7.16. The molecule has 10 nitrogen and oxygen atoms in total. The van der Waals surface area contributed by atoms with Crippen molar-refractivity contribution in [3.8, 4) is 0 Å². The lowest BCUT2D eigenvalue weighted by atomic mass is 10.0. The van der Waals surface area contributed by atoms with Crippen LogP contribution in [-0.4, -0.2) is 82.6 Å². The van der Waals surface area contributed by atoms with E-state index in [1.807, 2.05) is 10.8 Å². The normalized spacial score (nSPS) is 20.9. The molecule has 38 heavy (non-hydrogen) atoms. The maximum absolute atomic E-state index is 14.1. The van der Waals surface area contributed by atoms with Gasteiger partial charge in [0.1, 0.15) is 5.65 Å². The van der Waals surface area contributed by atoms with E-state index in [0.717, 1.165) is 87.7 Å². The molecule has 4 N–H and O–H groups in total. The summed E-state index contributed by atoms with van der Waals surface area (Å²) in [5.74, 6) is 0.178. The van der Waals surface area contributed by atoms with E-state index in [1.165, 1.54) is 0 Å². The van der Waals surface area contributed by atoms with Crippen LogP contribution in [0.3, 0.4) is 0 Å². The van der Waals surface area contributed by atoms with Crippen LogP contribution in [-0.2, 0) is 11.3 Å². The molecule has 1 aliphatic heterocycles. The Hall–Kier alpha value is -3.08. The number of rotatable bonds is 10. The summed E-state index contributed by atoms with van der Waals surface area (Å²) >= 11 is 0. The molecule has 2 atom stereocenters. The molecule has 3 heterocycles. The smallest absolute Gasteiger partial charge is 0.260 e. The highest BCUT2D eigenvalue weighted by Crippen LogP contribution is 2.33. The minimum Gasteiger partial charge on any atom is -0.369 e. The number of amides is 1. The van der Waals surface area contributed by atoms with Gasteiger partial charge >= 0.3 is 0 Å². The number of primary amides is 1. The zero-order valence-corrected chi connectivity index (χ0v) is 22.6. The van der Waals surface area contributed by atoms with Crippen LogP contribution in [0.1, 0.15) is 50.6 Å². The van der Waals surface area contributed by atoms with E-state index in [9.17, 15) is 9.59 Å². The third-order valence-electron chi connectivity index (χ3n) is 7.97. The highest BCUT2D eigenvalue weighted by Gasteiger charge is 2.29. The van der Waals surface area contributed by atoms with Crippen molar-refractivity contribution in [3.63, 3.8) is 0 Å². The van der Waals surface area contributed by atoms with Crippen LogP contribution in [0.25, 0.3) is 21.8 Å². The minimum atomic E-state index is -0.370. The molecule has 1 unspecified atom stereocenters. The first-order valence-electron chi connectivity index (χ1n) is 13.9. The highest BCUT2D eigenvalue weighted by atomic mass is 16.1. The molecule has 0 spiro atoms. The number of likely N-dealkylation sites (N-methyl/N-ethyl adjacent to an activating group) is 1. The number of hydrogen-bond acceptors (Lipinski definition) is 8. The molecular formula is C28H40N8O2. The second-order valence-electron chi connectivity index (χ2n) is 10.9. The lowest BCUT2D eigenvalue weighted by Crippen LogP contribution is -2.43. The first kappa shape index (κ1) is 26.5. The number of pyridine rings is 1. The maximum Gasteiger partial charge on any atom is 0.260 e. The van der Waals surface area contributed by atoms with Crippen LogP contribution in [0.2, 0.25) is 0 Å². The van der Waals surface area contributed by atoms with Gasteiger partial charge in [-0.3, -0.25) is 19.1 Å². The van der Waals surface area contributed by atoms with Crippen molar-refractivity contribution < 1.29 is 4.79 Å². The Labute approximate surface area is 223 Å². The fraction of sp³-hybridized carbons (Fsp3) is 0.571. The van der Waals surface area contributed by atoms with Crippen LogP contribution in [0, 0.1) is 0 Å². The van der Waals surface area contributed by atoms with Gasteiger partial charge in [-0.05, 0) is 49.7 Å². The van der Waals surface area contributed by atoms with Gasteiger partial charge in [-0.2, -0.15) is 4.98 Å². The predicted molar refractivity (Wildman–Crippen MR) is 151 cm³/mol. The summed E-state index contributed by atoms with van der Waals surface area (Å²) < 4.78 is 1.88. The monoisotopic (exact) mass is 520 g/mol. The Morgan fingerprint density at radius 2 is 1.95 bits per heavy atom. The molecule has 2 aromatic heterocycles. The molecule has 2 aliphatic rings. The van der Waals surface area contributed by atoms with Gasteiger partial charge in [-0.1, -0.05) is 25.5 Å². The summed E-state index contributed by atoms with van der Waals surface area (Å²) in [6, 6.07) is 6.39. The Morgan fingerprint density at radius 3 is 2.71 bits per heavy atom. The number of carbonyl (C=O) groups excluding carboxylic acids is 1. The second-order valence-corrected chi connectivity index (χ2v) is 10.9. The molecule has 0 radical (unpaired) electrons. The van der Waals surface area contributed by atoms with Crippen LogP contribution in [0.4, 0.5) is 5.95 Å². The third-order valence-corrected chi connectivity index (χ3v) is 7.97. The number of nitrogens with one attached hydrogen (secondary N) is 2. The fourth-order valence-corrected chi connectivity index (χ4v) is 5.76. The summed E-state index contributed by atoms with van der Waals surface area (Å²) in [4.78, 5) is 39.7. The minimum absolute atomic E-state index is 0.00788. The number of fused-ring (bicyclic) bond motifs is 3. The summed E-state index contributed by atoms with van der Waals surface area (Å²) in [5, 5.41) is 9.06. The number of nitrogens with zero attached hydrogens (tertiary/aromatic N) is 5. The molecule has 204 valence electrons. The lowest BCUT2D eigenvalue weighted by Gasteiger charge is -2.32. The molecule has 10 heteroatoms. The van der Waals surface area contributed by atoms with Crippen molar-refractivity contribution in [1.29, 1.82) is 0 Å². The zero-order chi connectivity index (χ0) is 26.6. The zero-order valence-electron chi connectivity index (χ0n) is 22.6. The second kappa shape index (κ2) is 11.8. The van der Waals surface area contributed by atoms with Crippen molar-refractivity contribution in [1.82, 2.24) is 29.7 Å². The molecule has 0 bridgehead atoms. The predicted octanol–water partition coefficient (Wildman–Crippen LogP) is 2.07. The van der Waals surface area contributed by atoms with Gasteiger partial charge < -0.3 is 21.3 Å². The average molecular weight is 521 g/mol. The first-order valence-corrected chi connectivity index (χ1v) is 13.9. The lowest BCUT2D eigenvalue weighted by molar-refractivity contribution is -0.117. The molecule has 5 rings (SSSR count). The van der Waals surface area contributed by atoms with E-state index in [-0.39, 0.29) is 30.1 Å². The molecule has 1 aromatic carbocycles. The average Bonchev–Trinajstić information content (AvgIpc) is 3.38. The highest BCUT2D eigenvalue weighted by molar-refractivity contribution is 6.04. The van der Waals surface area contributed by atoms with Gasteiger partial charge in [-0.25, -0.2) is 4.98 Å². The van der Waals surface area contributed by atoms with Gasteiger partial charge in [0.15, 0.2) is 0 Å². The van der Waals surface area contributed by atoms with E-state index < -0.39 is 0 Å². The molecule has 1 saturated carbocycles. The Morgan fingerprint density at radius 1 is 1.13 bits per heavy atom. The fourth-order valence-electron chi connectivity index (χ4n) is 5.76. The van der Waals surface area contributed by atoms with Gasteiger partial charge in [0.2, 0.25) is 11.9 Å². The van der Waals surface area contributed by atoms with Crippen molar-refractivity contribution >= 4 is 33.7 Å². The number of unbranched alkanes of at least 4 members (excludes halogenated alkanes) is 1. The molecular weight excluding hydrogens is 480 g/mol. The Balaban J connectivity index is 1.53. The van der Waals surface area contributed by atoms with Crippen molar-refractivity contribution in [2.24, 2.45) is 5.73 Å². The number of piperazine rings is 1. The summed E-state index contributed by atoms with van der Waals surface area (Å²) in [6.07, 6.45) is 6.41. The maximum atomic E-state index is 14.1. The number of aromatic nitrogens is 3. The van der Waals surface area contributed by atoms with Gasteiger partial charge in [0.05, 0.1) is 6.54 Å². The molecule has 1 aliphatic carbocycles. The third kappa shape index (κ3) is 5.82. The van der Waals surface area contributed by atoms with Gasteiger partial charge in [0.25, 0.3) is 5.56 Å². The van der Waals surface area contributed by atoms with E-state index in [0.29, 0.717) is 17.0 Å². The molecule has 1 saturated heterocycles. The summed E-state index contributed by atoms with van der Waals surface area (Å²) in [7, 11) is 2.16. The van der Waals surface area contributed by atoms with Gasteiger partial charge in [-0.15, -0.1) is 0 Å². The van der Waals surface area contributed by atoms with Crippen LogP contribution in [0.15, 0.2) is 29.2 Å². The van der Waals surface area contributed by atoms with Crippen LogP contribution < -0.4 is 21.9 Å². The summed E-state index contributed by atoms with van der Waals surface area (Å²) in [6.45, 7) is 8.09. The number of anilines is 1. The standard InChI is InChI=1S/C28H40N8O2/c1-3-4-9-30-28-32-16-24-22-8-5-19(18-35-12-10-34(2)11-13-35)14-23(22)27(38)36(26(24)33-28)21-7-6-20(15-21)31-17-25(29)37/h5,8,14,16,20-21,31H,3-4,6-7,9-13,15,17-18H2,1-2H3,(H2,29,37)(H,30,32,33)/t20?,21-/m0/s1. The SMILES string of the molecule is CCCCNc1ncc2c3ccc(CN4CCN(C)CC4)cc3c(=O)n([C@H]3CCC(NCC(N)=O)C3)c2n1. The van der Waals surface area contributed by atoms with E-state index in [2.05, 4.69) is 57.6 Å². The molecule has 2 fully saturated rings. The number of carbonyl (C=O) groups is 1. The van der Waals surface area contributed by atoms with Crippen molar-refractivity contribution in [2.75, 3.05) is 51.6 Å². The Kier molecular flexibility index (Phi) is 8.21. The van der Waals surface area contributed by atoms with E-state index in [4.69, 9.17) is 10.7 Å². The quantitative estimate of drug-likeness (QED) is 0.274. The van der Waals surface area contributed by atoms with E-state index in [1.54, 1.807) is 0 Å². The largest absolute Gasteiger partial charge is 0.369 e. The topological polar surface area (TPSA) is 121 Å². The molecule has 1 amide bonds. The van der Waals surface area contributed by atoms with Crippen molar-refractivity contribution in [3.05, 3.63) is 40.3 Å². The van der Waals surface area contributed by atoms with Crippen LogP contribution in [0.5, 0.6) is 0 Å². The van der Waals surface area contributed by atoms with Crippen molar-refractivity contribution in [2.45, 2.75) is 57.7 Å². The first-order chi connectivity index (χ1) is 18.4. The van der Waals surface area contributed by atoms with E-state index >= 15 is 0 Å². The number of nitrogens with two attached hydrogens (primary N) is 1. The number of benzene rings is 1. The van der Waals surface area contributed by atoms with Crippen LogP contribution >= 0.6 is 0 Å². The number of hydrogen-bond donors (Lipinski definition) is 3.